The lowest BCUT2D eigenvalue weighted by atomic mass is 10.2. The fourth-order valence-corrected chi connectivity index (χ4v) is 1.22. The van der Waals surface area contributed by atoms with E-state index in [1.54, 1.807) is 0 Å². The molecule has 16 heavy (non-hydrogen) atoms. The first kappa shape index (κ1) is 12.6. The number of nitrogens with two attached hydrogens (primary N) is 1. The Balaban J connectivity index is 2.64. The molecular weight excluding hydrogens is 230 g/mol. The molecule has 6 heteroatoms. The SMILES string of the molecule is NN(C(=O)CCCCl)C(=O)c1ccncc1. The van der Waals surface area contributed by atoms with E-state index in [0.29, 0.717) is 22.9 Å². The standard InChI is InChI=1S/C10H12ClN3O2/c11-5-1-2-9(15)14(12)10(16)8-3-6-13-7-4-8/h3-4,6-7H,1-2,5,12H2. The third kappa shape index (κ3) is 3.29. The van der Waals surface area contributed by atoms with E-state index in [-0.39, 0.29) is 6.42 Å². The molecule has 0 bridgehead atoms. The molecule has 0 atom stereocenters. The second-order valence-corrected chi connectivity index (χ2v) is 3.48. The van der Waals surface area contributed by atoms with E-state index in [0.717, 1.165) is 0 Å². The summed E-state index contributed by atoms with van der Waals surface area (Å²) in [6, 6.07) is 2.99. The average Bonchev–Trinajstić information content (AvgIpc) is 2.35. The molecule has 0 aliphatic carbocycles. The van der Waals surface area contributed by atoms with Gasteiger partial charge in [-0.15, -0.1) is 11.6 Å². The molecule has 1 rings (SSSR count). The Labute approximate surface area is 98.2 Å². The van der Waals surface area contributed by atoms with Crippen molar-refractivity contribution in [1.29, 1.82) is 0 Å². The van der Waals surface area contributed by atoms with E-state index in [1.165, 1.54) is 24.5 Å². The molecule has 0 aliphatic heterocycles. The number of alkyl halides is 1. The first-order chi connectivity index (χ1) is 7.66. The van der Waals surface area contributed by atoms with Crippen molar-refractivity contribution < 1.29 is 9.59 Å². The summed E-state index contributed by atoms with van der Waals surface area (Å²) in [4.78, 5) is 26.9. The molecule has 1 aromatic rings. The van der Waals surface area contributed by atoms with Crippen LogP contribution in [0.1, 0.15) is 23.2 Å². The normalized spacial score (nSPS) is 9.88. The first-order valence-electron chi connectivity index (χ1n) is 4.74. The van der Waals surface area contributed by atoms with Crippen LogP contribution in [0.4, 0.5) is 0 Å². The summed E-state index contributed by atoms with van der Waals surface area (Å²) in [5.41, 5.74) is 0.330. The predicted octanol–water partition coefficient (Wildman–Crippen LogP) is 0.943. The van der Waals surface area contributed by atoms with Crippen molar-refractivity contribution in [2.75, 3.05) is 5.88 Å². The summed E-state index contributed by atoms with van der Waals surface area (Å²) in [6.45, 7) is 0. The largest absolute Gasteiger partial charge is 0.274 e. The van der Waals surface area contributed by atoms with Crippen LogP contribution in [0.15, 0.2) is 24.5 Å². The van der Waals surface area contributed by atoms with Crippen molar-refractivity contribution in [3.05, 3.63) is 30.1 Å². The predicted molar refractivity (Wildman–Crippen MR) is 59.6 cm³/mol. The molecule has 0 radical (unpaired) electrons. The highest BCUT2D eigenvalue weighted by Crippen LogP contribution is 2.03. The maximum absolute atomic E-state index is 11.7. The Morgan fingerprint density at radius 2 is 2.00 bits per heavy atom. The summed E-state index contributed by atoms with van der Waals surface area (Å²) >= 11 is 5.44. The highest BCUT2D eigenvalue weighted by atomic mass is 35.5. The van der Waals surface area contributed by atoms with Gasteiger partial charge in [-0.1, -0.05) is 0 Å². The van der Waals surface area contributed by atoms with Gasteiger partial charge >= 0.3 is 0 Å². The van der Waals surface area contributed by atoms with Crippen molar-refractivity contribution in [2.45, 2.75) is 12.8 Å². The molecule has 0 saturated heterocycles. The molecule has 5 nitrogen and oxygen atoms in total. The zero-order valence-electron chi connectivity index (χ0n) is 8.60. The van der Waals surface area contributed by atoms with Crippen LogP contribution in [-0.2, 0) is 4.79 Å². The van der Waals surface area contributed by atoms with Crippen LogP contribution in [0.5, 0.6) is 0 Å². The molecule has 0 aromatic carbocycles. The van der Waals surface area contributed by atoms with E-state index < -0.39 is 11.8 Å². The quantitative estimate of drug-likeness (QED) is 0.368. The highest BCUT2D eigenvalue weighted by Gasteiger charge is 2.18. The lowest BCUT2D eigenvalue weighted by Gasteiger charge is -2.14. The highest BCUT2D eigenvalue weighted by molar-refractivity contribution is 6.18. The van der Waals surface area contributed by atoms with Crippen LogP contribution >= 0.6 is 11.6 Å². The van der Waals surface area contributed by atoms with Gasteiger partial charge in [-0.2, -0.15) is 0 Å². The van der Waals surface area contributed by atoms with E-state index in [1.807, 2.05) is 0 Å². The minimum Gasteiger partial charge on any atom is -0.273 e. The van der Waals surface area contributed by atoms with E-state index in [4.69, 9.17) is 17.4 Å². The van der Waals surface area contributed by atoms with Gasteiger partial charge in [-0.05, 0) is 18.6 Å². The van der Waals surface area contributed by atoms with Gasteiger partial charge in [-0.25, -0.2) is 10.9 Å². The first-order valence-corrected chi connectivity index (χ1v) is 5.28. The Morgan fingerprint density at radius 3 is 2.56 bits per heavy atom. The Kier molecular flexibility index (Phi) is 4.88. The molecule has 2 N–H and O–H groups in total. The Bertz CT molecular complexity index is 370. The lowest BCUT2D eigenvalue weighted by molar-refractivity contribution is -0.128. The van der Waals surface area contributed by atoms with Gasteiger partial charge in [0.05, 0.1) is 0 Å². The third-order valence-electron chi connectivity index (χ3n) is 1.94. The second-order valence-electron chi connectivity index (χ2n) is 3.10. The third-order valence-corrected chi connectivity index (χ3v) is 2.21. The van der Waals surface area contributed by atoms with Gasteiger partial charge < -0.3 is 0 Å². The van der Waals surface area contributed by atoms with Crippen molar-refractivity contribution in [2.24, 2.45) is 5.84 Å². The molecule has 0 spiro atoms. The summed E-state index contributed by atoms with van der Waals surface area (Å²) in [5, 5.41) is 0.613. The Morgan fingerprint density at radius 1 is 1.38 bits per heavy atom. The van der Waals surface area contributed by atoms with E-state index in [9.17, 15) is 9.59 Å². The number of imide groups is 1. The number of hydrazine groups is 1. The number of carbonyl (C=O) groups excluding carboxylic acids is 2. The maximum atomic E-state index is 11.7. The summed E-state index contributed by atoms with van der Waals surface area (Å²) < 4.78 is 0. The van der Waals surface area contributed by atoms with Gasteiger partial charge in [-0.3, -0.25) is 14.6 Å². The minimum atomic E-state index is -0.540. The molecule has 1 heterocycles. The van der Waals surface area contributed by atoms with Crippen molar-refractivity contribution in [3.8, 4) is 0 Å². The summed E-state index contributed by atoms with van der Waals surface area (Å²) in [7, 11) is 0. The minimum absolute atomic E-state index is 0.164. The molecule has 0 aliphatic rings. The molecular formula is C10H12ClN3O2. The molecule has 1 aromatic heterocycles. The van der Waals surface area contributed by atoms with Gasteiger partial charge in [0.25, 0.3) is 5.91 Å². The maximum Gasteiger partial charge on any atom is 0.274 e. The fraction of sp³-hybridized carbons (Fsp3) is 0.300. The number of carbonyl (C=O) groups is 2. The Hall–Kier alpha value is -1.46. The number of hydrogen-bond acceptors (Lipinski definition) is 4. The van der Waals surface area contributed by atoms with Crippen LogP contribution < -0.4 is 5.84 Å². The van der Waals surface area contributed by atoms with Crippen LogP contribution in [0.2, 0.25) is 0 Å². The topological polar surface area (TPSA) is 76.3 Å². The lowest BCUT2D eigenvalue weighted by Crippen LogP contribution is -2.42. The van der Waals surface area contributed by atoms with Crippen molar-refractivity contribution in [1.82, 2.24) is 9.99 Å². The molecule has 2 amide bonds. The number of hydrogen-bond donors (Lipinski definition) is 1. The number of aromatic nitrogens is 1. The van der Waals surface area contributed by atoms with Crippen LogP contribution in [0, 0.1) is 0 Å². The van der Waals surface area contributed by atoms with E-state index in [2.05, 4.69) is 4.98 Å². The number of halogens is 1. The van der Waals surface area contributed by atoms with Gasteiger partial charge in [0.15, 0.2) is 0 Å². The number of rotatable bonds is 4. The van der Waals surface area contributed by atoms with E-state index >= 15 is 0 Å². The zero-order chi connectivity index (χ0) is 12.0. The molecule has 0 saturated carbocycles. The van der Waals surface area contributed by atoms with Gasteiger partial charge in [0, 0.05) is 30.3 Å². The number of amides is 2. The van der Waals surface area contributed by atoms with Crippen LogP contribution in [0.3, 0.4) is 0 Å². The summed E-state index contributed by atoms with van der Waals surface area (Å²) in [6.07, 6.45) is 3.59. The zero-order valence-corrected chi connectivity index (χ0v) is 9.35. The van der Waals surface area contributed by atoms with Gasteiger partial charge in [0.1, 0.15) is 0 Å². The van der Waals surface area contributed by atoms with Gasteiger partial charge in [0.2, 0.25) is 5.91 Å². The molecule has 0 unspecified atom stereocenters. The number of nitrogens with zero attached hydrogens (tertiary/aromatic N) is 2. The summed E-state index contributed by atoms with van der Waals surface area (Å²) in [5.74, 6) is 4.79. The average molecular weight is 242 g/mol. The monoisotopic (exact) mass is 241 g/mol. The number of pyridine rings is 1. The fourth-order valence-electron chi connectivity index (χ4n) is 1.09. The second kappa shape index (κ2) is 6.19. The van der Waals surface area contributed by atoms with Crippen LogP contribution in [0.25, 0.3) is 0 Å². The van der Waals surface area contributed by atoms with Crippen molar-refractivity contribution >= 4 is 23.4 Å². The van der Waals surface area contributed by atoms with Crippen LogP contribution in [-0.4, -0.2) is 27.7 Å². The molecule has 0 fully saturated rings. The van der Waals surface area contributed by atoms with Crippen molar-refractivity contribution in [3.63, 3.8) is 0 Å². The smallest absolute Gasteiger partial charge is 0.273 e. The molecule has 86 valence electrons.